The van der Waals surface area contributed by atoms with Gasteiger partial charge in [0.15, 0.2) is 0 Å². The van der Waals surface area contributed by atoms with Crippen molar-refractivity contribution in [2.45, 2.75) is 6.92 Å². The summed E-state index contributed by atoms with van der Waals surface area (Å²) < 4.78 is 0. The second-order valence-corrected chi connectivity index (χ2v) is 3.87. The fourth-order valence-corrected chi connectivity index (χ4v) is 2.11. The van der Waals surface area contributed by atoms with E-state index in [0.717, 1.165) is 0 Å². The SMILES string of the molecule is CC=Cc1c(Cl)cc(Cl)c([N+](=O)[O-])c1Cl. The largest absolute Gasteiger partial charge is 0.307 e. The Bertz CT molecular complexity index is 443. The Labute approximate surface area is 101 Å². The lowest BCUT2D eigenvalue weighted by molar-refractivity contribution is -0.384. The van der Waals surface area contributed by atoms with Crippen molar-refractivity contribution >= 4 is 46.6 Å². The van der Waals surface area contributed by atoms with E-state index in [0.29, 0.717) is 5.56 Å². The molecule has 0 aliphatic heterocycles. The smallest absolute Gasteiger partial charge is 0.258 e. The van der Waals surface area contributed by atoms with Crippen LogP contribution in [-0.2, 0) is 0 Å². The van der Waals surface area contributed by atoms with E-state index in [-0.39, 0.29) is 20.8 Å². The number of halogens is 3. The van der Waals surface area contributed by atoms with Crippen LogP contribution < -0.4 is 0 Å². The summed E-state index contributed by atoms with van der Waals surface area (Å²) in [6.07, 6.45) is 3.28. The summed E-state index contributed by atoms with van der Waals surface area (Å²) in [7, 11) is 0. The first-order valence-corrected chi connectivity index (χ1v) is 5.07. The zero-order chi connectivity index (χ0) is 11.6. The van der Waals surface area contributed by atoms with E-state index in [1.165, 1.54) is 6.07 Å². The number of nitro groups is 1. The van der Waals surface area contributed by atoms with Crippen LogP contribution in [0.15, 0.2) is 12.1 Å². The van der Waals surface area contributed by atoms with Crippen molar-refractivity contribution in [1.29, 1.82) is 0 Å². The standard InChI is InChI=1S/C9H6Cl3NO2/c1-2-3-5-6(10)4-7(11)9(8(5)12)13(14)15/h2-4H,1H3. The van der Waals surface area contributed by atoms with Gasteiger partial charge in [-0.3, -0.25) is 10.1 Å². The molecule has 3 nitrogen and oxygen atoms in total. The van der Waals surface area contributed by atoms with Gasteiger partial charge in [0, 0.05) is 5.56 Å². The molecular formula is C9H6Cl3NO2. The zero-order valence-corrected chi connectivity index (χ0v) is 9.90. The van der Waals surface area contributed by atoms with Crippen LogP contribution >= 0.6 is 34.8 Å². The van der Waals surface area contributed by atoms with E-state index in [2.05, 4.69) is 0 Å². The molecule has 0 aliphatic rings. The first-order valence-electron chi connectivity index (χ1n) is 3.93. The van der Waals surface area contributed by atoms with Gasteiger partial charge in [-0.2, -0.15) is 0 Å². The number of benzene rings is 1. The van der Waals surface area contributed by atoms with Gasteiger partial charge in [-0.05, 0) is 13.0 Å². The second kappa shape index (κ2) is 4.84. The molecule has 0 spiro atoms. The summed E-state index contributed by atoms with van der Waals surface area (Å²) in [5.41, 5.74) is 0.0766. The lowest BCUT2D eigenvalue weighted by Crippen LogP contribution is -1.93. The van der Waals surface area contributed by atoms with Crippen LogP contribution in [0, 0.1) is 10.1 Å². The van der Waals surface area contributed by atoms with Gasteiger partial charge in [0.1, 0.15) is 10.0 Å². The fraction of sp³-hybridized carbons (Fsp3) is 0.111. The highest BCUT2D eigenvalue weighted by Crippen LogP contribution is 2.39. The maximum Gasteiger partial charge on any atom is 0.307 e. The monoisotopic (exact) mass is 265 g/mol. The molecule has 0 unspecified atom stereocenters. The molecule has 0 aromatic heterocycles. The Morgan fingerprint density at radius 1 is 1.33 bits per heavy atom. The highest BCUT2D eigenvalue weighted by Gasteiger charge is 2.22. The molecule has 0 amide bonds. The van der Waals surface area contributed by atoms with Gasteiger partial charge in [0.05, 0.1) is 9.95 Å². The Hall–Kier alpha value is -0.770. The number of hydrogen-bond acceptors (Lipinski definition) is 2. The molecule has 0 saturated heterocycles. The third kappa shape index (κ3) is 2.43. The lowest BCUT2D eigenvalue weighted by Gasteiger charge is -2.04. The lowest BCUT2D eigenvalue weighted by atomic mass is 10.2. The number of nitrogens with zero attached hydrogens (tertiary/aromatic N) is 1. The van der Waals surface area contributed by atoms with Crippen LogP contribution in [0.2, 0.25) is 15.1 Å². The summed E-state index contributed by atoms with van der Waals surface area (Å²) in [6, 6.07) is 1.31. The maximum atomic E-state index is 10.7. The number of hydrogen-bond donors (Lipinski definition) is 0. The van der Waals surface area contributed by atoms with Gasteiger partial charge in [0.25, 0.3) is 0 Å². The molecule has 80 valence electrons. The molecule has 1 aromatic carbocycles. The number of nitro benzene ring substituents is 1. The molecule has 15 heavy (non-hydrogen) atoms. The highest BCUT2D eigenvalue weighted by molar-refractivity contribution is 6.42. The van der Waals surface area contributed by atoms with Gasteiger partial charge in [-0.15, -0.1) is 0 Å². The summed E-state index contributed by atoms with van der Waals surface area (Å²) in [4.78, 5) is 10.0. The van der Waals surface area contributed by atoms with Crippen LogP contribution in [-0.4, -0.2) is 4.92 Å². The zero-order valence-electron chi connectivity index (χ0n) is 7.63. The predicted octanol–water partition coefficient (Wildman–Crippen LogP) is 4.59. The molecule has 0 radical (unpaired) electrons. The molecule has 1 rings (SSSR count). The molecule has 0 N–H and O–H groups in total. The van der Waals surface area contributed by atoms with Crippen LogP contribution in [0.3, 0.4) is 0 Å². The van der Waals surface area contributed by atoms with Gasteiger partial charge in [-0.25, -0.2) is 0 Å². The van der Waals surface area contributed by atoms with Gasteiger partial charge < -0.3 is 0 Å². The van der Waals surface area contributed by atoms with E-state index >= 15 is 0 Å². The Morgan fingerprint density at radius 3 is 2.40 bits per heavy atom. The summed E-state index contributed by atoms with van der Waals surface area (Å²) in [6.45, 7) is 1.76. The first-order chi connectivity index (χ1) is 6.99. The van der Waals surface area contributed by atoms with Gasteiger partial charge in [-0.1, -0.05) is 47.0 Å². The van der Waals surface area contributed by atoms with E-state index < -0.39 is 4.92 Å². The number of allylic oxidation sites excluding steroid dienone is 1. The van der Waals surface area contributed by atoms with Crippen LogP contribution in [0.25, 0.3) is 6.08 Å². The fourth-order valence-electron chi connectivity index (χ4n) is 1.08. The normalized spacial score (nSPS) is 10.9. The summed E-state index contributed by atoms with van der Waals surface area (Å²) >= 11 is 17.3. The summed E-state index contributed by atoms with van der Waals surface area (Å²) in [5, 5.41) is 10.9. The molecular weight excluding hydrogens is 260 g/mol. The van der Waals surface area contributed by atoms with Crippen molar-refractivity contribution in [2.24, 2.45) is 0 Å². The molecule has 0 atom stereocenters. The topological polar surface area (TPSA) is 43.1 Å². The van der Waals surface area contributed by atoms with Crippen molar-refractivity contribution in [3.8, 4) is 0 Å². The van der Waals surface area contributed by atoms with Crippen LogP contribution in [0.5, 0.6) is 0 Å². The Balaban J connectivity index is 3.56. The van der Waals surface area contributed by atoms with Crippen molar-refractivity contribution in [2.75, 3.05) is 0 Å². The highest BCUT2D eigenvalue weighted by atomic mass is 35.5. The maximum absolute atomic E-state index is 10.7. The summed E-state index contributed by atoms with van der Waals surface area (Å²) in [5.74, 6) is 0. The Kier molecular flexibility index (Phi) is 3.97. The van der Waals surface area contributed by atoms with E-state index in [9.17, 15) is 10.1 Å². The van der Waals surface area contributed by atoms with E-state index in [4.69, 9.17) is 34.8 Å². The average Bonchev–Trinajstić information content (AvgIpc) is 2.11. The minimum atomic E-state index is -0.631. The van der Waals surface area contributed by atoms with Gasteiger partial charge >= 0.3 is 5.69 Å². The molecule has 1 aromatic rings. The molecule has 0 heterocycles. The molecule has 6 heteroatoms. The van der Waals surface area contributed by atoms with Gasteiger partial charge in [0.2, 0.25) is 0 Å². The van der Waals surface area contributed by atoms with Crippen LogP contribution in [0.1, 0.15) is 12.5 Å². The quantitative estimate of drug-likeness (QED) is 0.580. The van der Waals surface area contributed by atoms with E-state index in [1.807, 2.05) is 0 Å². The predicted molar refractivity (Wildman–Crippen MR) is 62.8 cm³/mol. The molecule has 0 bridgehead atoms. The van der Waals surface area contributed by atoms with Crippen molar-refractivity contribution in [1.82, 2.24) is 0 Å². The number of rotatable bonds is 2. The van der Waals surface area contributed by atoms with Crippen LogP contribution in [0.4, 0.5) is 5.69 Å². The first kappa shape index (κ1) is 12.3. The second-order valence-electron chi connectivity index (χ2n) is 2.67. The minimum Gasteiger partial charge on any atom is -0.258 e. The van der Waals surface area contributed by atoms with Crippen molar-refractivity contribution in [3.05, 3.63) is 42.9 Å². The van der Waals surface area contributed by atoms with Crippen molar-refractivity contribution in [3.63, 3.8) is 0 Å². The Morgan fingerprint density at radius 2 is 1.93 bits per heavy atom. The van der Waals surface area contributed by atoms with Crippen molar-refractivity contribution < 1.29 is 4.92 Å². The molecule has 0 saturated carbocycles. The minimum absolute atomic E-state index is 0.0457. The average molecular weight is 267 g/mol. The third-order valence-corrected chi connectivity index (χ3v) is 2.68. The third-order valence-electron chi connectivity index (χ3n) is 1.70. The molecule has 0 aliphatic carbocycles. The van der Waals surface area contributed by atoms with E-state index in [1.54, 1.807) is 19.1 Å². The molecule has 0 fully saturated rings.